The molecule has 182 valence electrons. The van der Waals surface area contributed by atoms with E-state index in [1.54, 1.807) is 12.1 Å². The third-order valence-corrected chi connectivity index (χ3v) is 7.61. The Labute approximate surface area is 201 Å². The second-order valence-electron chi connectivity index (χ2n) is 9.47. The summed E-state index contributed by atoms with van der Waals surface area (Å²) >= 11 is 0. The van der Waals surface area contributed by atoms with E-state index >= 15 is 0 Å². The molecule has 1 atom stereocenters. The molecule has 0 N–H and O–H groups in total. The van der Waals surface area contributed by atoms with E-state index in [2.05, 4.69) is 4.90 Å². The predicted octanol–water partition coefficient (Wildman–Crippen LogP) is 0.682. The number of benzene rings is 1. The Kier molecular flexibility index (Phi) is 4.87. The molecule has 0 aliphatic carbocycles. The maximum Gasteiger partial charge on any atom is 0.333 e. The zero-order chi connectivity index (χ0) is 25.4. The van der Waals surface area contributed by atoms with Crippen LogP contribution in [0.4, 0.5) is 15.3 Å². The lowest BCUT2D eigenvalue weighted by Gasteiger charge is -2.50. The van der Waals surface area contributed by atoms with Gasteiger partial charge in [0.25, 0.3) is 11.8 Å². The molecule has 1 aromatic carbocycles. The topological polar surface area (TPSA) is 119 Å². The lowest BCUT2D eigenvalue weighted by molar-refractivity contribution is -0.159. The van der Waals surface area contributed by atoms with Gasteiger partial charge in [-0.1, -0.05) is 6.07 Å². The molecule has 11 heteroatoms. The van der Waals surface area contributed by atoms with Gasteiger partial charge in [-0.05, 0) is 48.6 Å². The molecule has 1 spiro atoms. The van der Waals surface area contributed by atoms with Crippen LogP contribution in [0.2, 0.25) is 0 Å². The molecule has 11 nitrogen and oxygen atoms in total. The third-order valence-electron chi connectivity index (χ3n) is 7.61. The van der Waals surface area contributed by atoms with Crippen molar-refractivity contribution >= 4 is 47.5 Å². The van der Waals surface area contributed by atoms with Gasteiger partial charge in [-0.15, -0.1) is 0 Å². The molecule has 5 rings (SSSR count). The summed E-state index contributed by atoms with van der Waals surface area (Å²) in [4.78, 5) is 82.5. The highest BCUT2D eigenvalue weighted by Crippen LogP contribution is 2.49. The zero-order valence-corrected chi connectivity index (χ0v) is 19.9. The number of amides is 8. The van der Waals surface area contributed by atoms with Crippen LogP contribution < -0.4 is 4.90 Å². The van der Waals surface area contributed by atoms with Gasteiger partial charge in [0, 0.05) is 40.4 Å². The average molecular weight is 479 g/mol. The van der Waals surface area contributed by atoms with Crippen molar-refractivity contribution in [2.75, 3.05) is 39.6 Å². The first-order chi connectivity index (χ1) is 16.5. The van der Waals surface area contributed by atoms with E-state index in [1.165, 1.54) is 34.3 Å². The highest BCUT2D eigenvalue weighted by molar-refractivity contribution is 6.30. The minimum absolute atomic E-state index is 0.0975. The van der Waals surface area contributed by atoms with E-state index in [-0.39, 0.29) is 18.0 Å². The van der Waals surface area contributed by atoms with Crippen molar-refractivity contribution < 1.29 is 28.8 Å². The summed E-state index contributed by atoms with van der Waals surface area (Å²) in [5.41, 5.74) is 0.528. The first-order valence-corrected chi connectivity index (χ1v) is 11.3. The molecule has 1 aromatic rings. The van der Waals surface area contributed by atoms with Crippen LogP contribution >= 0.6 is 0 Å². The predicted molar refractivity (Wildman–Crippen MR) is 123 cm³/mol. The van der Waals surface area contributed by atoms with Gasteiger partial charge in [-0.25, -0.2) is 9.59 Å². The SMILES string of the molecule is CN1C(=O)C(=Cc2ccc3c(c2)CC2(C(=O)N(C)C(=O)N(C)C2=O)[C@@H]2CCCN32)C(=O)N(C)C1=O. The Morgan fingerprint density at radius 1 is 0.829 bits per heavy atom. The van der Waals surface area contributed by atoms with Crippen molar-refractivity contribution in [1.82, 2.24) is 19.6 Å². The minimum atomic E-state index is -1.43. The van der Waals surface area contributed by atoms with Crippen molar-refractivity contribution in [3.05, 3.63) is 34.9 Å². The summed E-state index contributed by atoms with van der Waals surface area (Å²) in [6, 6.07) is 3.65. The summed E-state index contributed by atoms with van der Waals surface area (Å²) in [5, 5.41) is 0. The number of likely N-dealkylation sites (N-methyl/N-ethyl adjacent to an activating group) is 2. The molecule has 35 heavy (non-hydrogen) atoms. The van der Waals surface area contributed by atoms with E-state index in [0.717, 1.165) is 31.7 Å². The quantitative estimate of drug-likeness (QED) is 0.330. The largest absolute Gasteiger partial charge is 0.367 e. The van der Waals surface area contributed by atoms with Gasteiger partial charge in [0.05, 0.1) is 6.04 Å². The molecule has 3 saturated heterocycles. The monoisotopic (exact) mass is 479 g/mol. The molecule has 4 heterocycles. The van der Waals surface area contributed by atoms with Crippen molar-refractivity contribution in [2.24, 2.45) is 5.41 Å². The van der Waals surface area contributed by atoms with Crippen molar-refractivity contribution in [3.63, 3.8) is 0 Å². The standard InChI is InChI=1S/C24H25N5O6/c1-25-18(30)15(19(31)26(2)22(25)34)11-13-7-8-16-14(10-13)12-24(17-6-5-9-29(16)17)20(32)27(3)23(35)28(4)21(24)33/h7-8,10-11,17H,5-6,9,12H2,1-4H3/t17-/m0/s1. The second kappa shape index (κ2) is 7.49. The number of urea groups is 2. The van der Waals surface area contributed by atoms with Crippen LogP contribution in [0.3, 0.4) is 0 Å². The number of rotatable bonds is 1. The van der Waals surface area contributed by atoms with Crippen molar-refractivity contribution in [2.45, 2.75) is 25.3 Å². The first-order valence-electron chi connectivity index (χ1n) is 11.3. The maximum absolute atomic E-state index is 13.5. The Bertz CT molecular complexity index is 1220. The highest BCUT2D eigenvalue weighted by atomic mass is 16.2. The number of carbonyl (C=O) groups excluding carboxylic acids is 6. The number of imide groups is 4. The van der Waals surface area contributed by atoms with Crippen LogP contribution in [0, 0.1) is 5.41 Å². The molecular weight excluding hydrogens is 454 g/mol. The number of anilines is 1. The molecule has 0 radical (unpaired) electrons. The van der Waals surface area contributed by atoms with Gasteiger partial charge >= 0.3 is 12.1 Å². The van der Waals surface area contributed by atoms with E-state index < -0.39 is 41.1 Å². The normalized spacial score (nSPS) is 24.1. The van der Waals surface area contributed by atoms with Crippen LogP contribution in [0.25, 0.3) is 6.08 Å². The number of carbonyl (C=O) groups is 6. The van der Waals surface area contributed by atoms with Gasteiger partial charge < -0.3 is 4.90 Å². The summed E-state index contributed by atoms with van der Waals surface area (Å²) in [6.07, 6.45) is 2.96. The molecular formula is C24H25N5O6. The van der Waals surface area contributed by atoms with Crippen LogP contribution in [0.5, 0.6) is 0 Å². The lowest BCUT2D eigenvalue weighted by Crippen LogP contribution is -2.70. The molecule has 3 fully saturated rings. The fraction of sp³-hybridized carbons (Fsp3) is 0.417. The van der Waals surface area contributed by atoms with Gasteiger partial charge in [-0.2, -0.15) is 0 Å². The van der Waals surface area contributed by atoms with Crippen LogP contribution in [-0.4, -0.2) is 96.1 Å². The van der Waals surface area contributed by atoms with Gasteiger partial charge in [0.2, 0.25) is 11.8 Å². The van der Waals surface area contributed by atoms with Crippen LogP contribution in [0.15, 0.2) is 23.8 Å². The second-order valence-corrected chi connectivity index (χ2v) is 9.47. The van der Waals surface area contributed by atoms with Crippen molar-refractivity contribution in [1.29, 1.82) is 0 Å². The lowest BCUT2D eigenvalue weighted by atomic mass is 9.68. The van der Waals surface area contributed by atoms with E-state index in [4.69, 9.17) is 0 Å². The Morgan fingerprint density at radius 2 is 1.40 bits per heavy atom. The van der Waals surface area contributed by atoms with E-state index in [1.807, 2.05) is 6.07 Å². The Morgan fingerprint density at radius 3 is 2.00 bits per heavy atom. The number of hydrogen-bond donors (Lipinski definition) is 0. The fourth-order valence-corrected chi connectivity index (χ4v) is 5.77. The average Bonchev–Trinajstić information content (AvgIpc) is 3.36. The zero-order valence-electron chi connectivity index (χ0n) is 19.9. The van der Waals surface area contributed by atoms with Crippen LogP contribution in [0.1, 0.15) is 24.0 Å². The maximum atomic E-state index is 13.5. The van der Waals surface area contributed by atoms with E-state index in [9.17, 15) is 28.8 Å². The van der Waals surface area contributed by atoms with Gasteiger partial charge in [-0.3, -0.25) is 38.8 Å². The van der Waals surface area contributed by atoms with E-state index in [0.29, 0.717) is 24.1 Å². The molecule has 0 unspecified atom stereocenters. The number of fused-ring (bicyclic) bond motifs is 4. The van der Waals surface area contributed by atoms with Crippen LogP contribution in [-0.2, 0) is 25.6 Å². The first kappa shape index (κ1) is 22.8. The molecule has 0 saturated carbocycles. The fourth-order valence-electron chi connectivity index (χ4n) is 5.77. The number of hydrogen-bond acceptors (Lipinski definition) is 7. The molecule has 4 aliphatic heterocycles. The summed E-state index contributed by atoms with van der Waals surface area (Å²) in [5.74, 6) is -2.44. The Hall–Kier alpha value is -4.02. The van der Waals surface area contributed by atoms with Gasteiger partial charge in [0.15, 0.2) is 5.41 Å². The smallest absolute Gasteiger partial charge is 0.333 e. The Balaban J connectivity index is 1.60. The molecule has 0 aromatic heterocycles. The molecule has 8 amide bonds. The highest BCUT2D eigenvalue weighted by Gasteiger charge is 2.63. The summed E-state index contributed by atoms with van der Waals surface area (Å²) < 4.78 is 0. The minimum Gasteiger partial charge on any atom is -0.367 e. The molecule has 0 bridgehead atoms. The van der Waals surface area contributed by atoms with Gasteiger partial charge in [0.1, 0.15) is 5.57 Å². The molecule has 4 aliphatic rings. The number of barbiturate groups is 2. The summed E-state index contributed by atoms with van der Waals surface area (Å²) in [6.45, 7) is 0.663. The van der Waals surface area contributed by atoms with Crippen molar-refractivity contribution in [3.8, 4) is 0 Å². The summed E-state index contributed by atoms with van der Waals surface area (Å²) in [7, 11) is 5.39. The third kappa shape index (κ3) is 2.90. The number of nitrogens with zero attached hydrogens (tertiary/aromatic N) is 5.